The molecular weight excluding hydrogens is 544 g/mol. The molecule has 3 aromatic carbocycles. The van der Waals surface area contributed by atoms with Crippen LogP contribution in [0.15, 0.2) is 78.9 Å². The molecule has 43 heavy (non-hydrogen) atoms. The fourth-order valence-corrected chi connectivity index (χ4v) is 5.62. The van der Waals surface area contributed by atoms with E-state index in [0.717, 1.165) is 27.8 Å². The quantitative estimate of drug-likeness (QED) is 0.217. The number of hydrogen-bond donors (Lipinski definition) is 5. The average molecular weight is 589 g/mol. The number of amides is 2. The van der Waals surface area contributed by atoms with E-state index in [1.54, 1.807) is 20.8 Å². The van der Waals surface area contributed by atoms with E-state index in [1.807, 2.05) is 78.9 Å². The van der Waals surface area contributed by atoms with Crippen molar-refractivity contribution in [2.24, 2.45) is 5.92 Å². The van der Waals surface area contributed by atoms with Crippen molar-refractivity contribution in [3.8, 4) is 0 Å². The number of carbonyl (C=O) groups is 2. The van der Waals surface area contributed by atoms with Crippen molar-refractivity contribution in [1.82, 2.24) is 10.6 Å². The summed E-state index contributed by atoms with van der Waals surface area (Å²) in [6.07, 6.45) is -0.695. The first kappa shape index (κ1) is 32.2. The van der Waals surface area contributed by atoms with Gasteiger partial charge in [0.25, 0.3) is 0 Å². The molecule has 0 unspecified atom stereocenters. The molecule has 0 saturated heterocycles. The highest BCUT2D eigenvalue weighted by molar-refractivity contribution is 5.80. The van der Waals surface area contributed by atoms with Gasteiger partial charge in [0.2, 0.25) is 5.91 Å². The summed E-state index contributed by atoms with van der Waals surface area (Å²) in [7, 11) is 0. The Hall–Kier alpha value is -3.72. The number of benzene rings is 3. The zero-order valence-corrected chi connectivity index (χ0v) is 25.2. The van der Waals surface area contributed by atoms with Crippen molar-refractivity contribution in [3.05, 3.63) is 107 Å². The number of carbonyl (C=O) groups excluding carboxylic acids is 2. The van der Waals surface area contributed by atoms with Gasteiger partial charge in [0.1, 0.15) is 5.60 Å². The summed E-state index contributed by atoms with van der Waals surface area (Å²) in [6, 6.07) is 23.7. The molecule has 4 rings (SSSR count). The molecule has 0 heterocycles. The second kappa shape index (κ2) is 14.6. The van der Waals surface area contributed by atoms with Gasteiger partial charge in [-0.3, -0.25) is 4.79 Å². The van der Waals surface area contributed by atoms with Crippen LogP contribution in [-0.2, 0) is 35.2 Å². The Morgan fingerprint density at radius 3 is 2.21 bits per heavy atom. The molecule has 0 radical (unpaired) electrons. The van der Waals surface area contributed by atoms with E-state index in [1.165, 1.54) is 0 Å². The van der Waals surface area contributed by atoms with Crippen molar-refractivity contribution >= 4 is 12.0 Å². The predicted octanol–water partition coefficient (Wildman–Crippen LogP) is 4.04. The minimum atomic E-state index is -1.07. The lowest BCUT2D eigenvalue weighted by Gasteiger charge is -2.30. The molecular formula is C35H44N2O6. The van der Waals surface area contributed by atoms with Crippen molar-refractivity contribution in [3.63, 3.8) is 0 Å². The molecule has 5 N–H and O–H groups in total. The maximum Gasteiger partial charge on any atom is 0.407 e. The molecule has 0 aromatic heterocycles. The van der Waals surface area contributed by atoms with Crippen LogP contribution in [0.2, 0.25) is 0 Å². The van der Waals surface area contributed by atoms with Crippen molar-refractivity contribution in [2.45, 2.75) is 82.8 Å². The minimum Gasteiger partial charge on any atom is -0.444 e. The smallest absolute Gasteiger partial charge is 0.407 e. The zero-order chi connectivity index (χ0) is 31.0. The molecule has 8 nitrogen and oxygen atoms in total. The Morgan fingerprint density at radius 1 is 0.907 bits per heavy atom. The maximum absolute atomic E-state index is 13.9. The lowest BCUT2D eigenvalue weighted by atomic mass is 9.88. The summed E-state index contributed by atoms with van der Waals surface area (Å²) in [4.78, 5) is 26.6. The highest BCUT2D eigenvalue weighted by Gasteiger charge is 2.35. The third-order valence-electron chi connectivity index (χ3n) is 7.77. The standard InChI is InChI=1S/C35H44N2O6/c1-35(2,3)43-34(42)36-29(20-24-9-5-4-6-10-24)30(39)22-27(19-25-15-13-23(14-16-25)17-18-38)33(41)37-32-28-12-8-7-11-26(28)21-31(32)40/h4-16,27,29-32,38-40H,17-22H2,1-3H3,(H,36,42)(H,37,41)/t27-,29-,30-,31+,32-/m0/s1. The van der Waals surface area contributed by atoms with Gasteiger partial charge in [0.05, 0.1) is 24.3 Å². The molecule has 5 atom stereocenters. The average Bonchev–Trinajstić information content (AvgIpc) is 3.27. The lowest BCUT2D eigenvalue weighted by Crippen LogP contribution is -2.48. The van der Waals surface area contributed by atoms with Crippen LogP contribution in [0.4, 0.5) is 4.79 Å². The molecule has 1 aliphatic rings. The van der Waals surface area contributed by atoms with Crippen molar-refractivity contribution in [1.29, 1.82) is 0 Å². The van der Waals surface area contributed by atoms with Crippen LogP contribution in [0.1, 0.15) is 61.1 Å². The SMILES string of the molecule is CC(C)(C)OC(=O)N[C@@H](Cc1ccccc1)[C@@H](O)C[C@H](Cc1ccc(CCO)cc1)C(=O)N[C@H]1c2ccccc2C[C@H]1O. The van der Waals surface area contributed by atoms with Gasteiger partial charge in [0, 0.05) is 18.9 Å². The Balaban J connectivity index is 1.56. The Morgan fingerprint density at radius 2 is 1.53 bits per heavy atom. The van der Waals surface area contributed by atoms with Gasteiger partial charge in [-0.2, -0.15) is 0 Å². The third kappa shape index (κ3) is 9.38. The lowest BCUT2D eigenvalue weighted by molar-refractivity contribution is -0.127. The van der Waals surface area contributed by atoms with Gasteiger partial charge >= 0.3 is 6.09 Å². The number of rotatable bonds is 12. The van der Waals surface area contributed by atoms with E-state index in [-0.39, 0.29) is 18.9 Å². The zero-order valence-electron chi connectivity index (χ0n) is 25.2. The number of aliphatic hydroxyl groups is 3. The van der Waals surface area contributed by atoms with Crippen LogP contribution in [0.3, 0.4) is 0 Å². The number of aliphatic hydroxyl groups excluding tert-OH is 3. The summed E-state index contributed by atoms with van der Waals surface area (Å²) < 4.78 is 5.48. The van der Waals surface area contributed by atoms with E-state index in [4.69, 9.17) is 4.74 Å². The van der Waals surface area contributed by atoms with Crippen LogP contribution < -0.4 is 10.6 Å². The van der Waals surface area contributed by atoms with Gasteiger partial charge in [-0.05, 0) is 74.3 Å². The van der Waals surface area contributed by atoms with E-state index < -0.39 is 41.9 Å². The molecule has 2 amide bonds. The molecule has 0 saturated carbocycles. The second-order valence-corrected chi connectivity index (χ2v) is 12.4. The predicted molar refractivity (Wildman–Crippen MR) is 165 cm³/mol. The largest absolute Gasteiger partial charge is 0.444 e. The number of fused-ring (bicyclic) bond motifs is 1. The topological polar surface area (TPSA) is 128 Å². The minimum absolute atomic E-state index is 0.0508. The third-order valence-corrected chi connectivity index (χ3v) is 7.77. The van der Waals surface area contributed by atoms with Crippen LogP contribution in [-0.4, -0.2) is 57.8 Å². The molecule has 1 aliphatic carbocycles. The van der Waals surface area contributed by atoms with Crippen molar-refractivity contribution in [2.75, 3.05) is 6.61 Å². The van der Waals surface area contributed by atoms with Gasteiger partial charge in [-0.25, -0.2) is 4.79 Å². The number of hydrogen-bond acceptors (Lipinski definition) is 6. The molecule has 0 aliphatic heterocycles. The molecule has 3 aromatic rings. The molecule has 0 fully saturated rings. The summed E-state index contributed by atoms with van der Waals surface area (Å²) in [5.41, 5.74) is 4.00. The number of nitrogens with one attached hydrogen (secondary N) is 2. The van der Waals surface area contributed by atoms with E-state index in [9.17, 15) is 24.9 Å². The van der Waals surface area contributed by atoms with Gasteiger partial charge in [-0.1, -0.05) is 78.9 Å². The fraction of sp³-hybridized carbons (Fsp3) is 0.429. The molecule has 0 bridgehead atoms. The first-order valence-corrected chi connectivity index (χ1v) is 15.0. The van der Waals surface area contributed by atoms with Crippen LogP contribution >= 0.6 is 0 Å². The highest BCUT2D eigenvalue weighted by Crippen LogP contribution is 2.32. The molecule has 0 spiro atoms. The van der Waals surface area contributed by atoms with Crippen LogP contribution in [0.5, 0.6) is 0 Å². The van der Waals surface area contributed by atoms with Gasteiger partial charge < -0.3 is 30.7 Å². The Kier molecular flexibility index (Phi) is 11.0. The first-order chi connectivity index (χ1) is 20.5. The summed E-state index contributed by atoms with van der Waals surface area (Å²) in [5, 5.41) is 37.5. The van der Waals surface area contributed by atoms with Gasteiger partial charge in [0.15, 0.2) is 0 Å². The second-order valence-electron chi connectivity index (χ2n) is 12.4. The highest BCUT2D eigenvalue weighted by atomic mass is 16.6. The Labute approximate surface area is 254 Å². The summed E-state index contributed by atoms with van der Waals surface area (Å²) in [5.74, 6) is -0.938. The van der Waals surface area contributed by atoms with E-state index in [2.05, 4.69) is 10.6 Å². The van der Waals surface area contributed by atoms with Crippen LogP contribution in [0, 0.1) is 5.92 Å². The fourth-order valence-electron chi connectivity index (χ4n) is 5.62. The summed E-state index contributed by atoms with van der Waals surface area (Å²) >= 11 is 0. The van der Waals surface area contributed by atoms with E-state index in [0.29, 0.717) is 25.7 Å². The summed E-state index contributed by atoms with van der Waals surface area (Å²) in [6.45, 7) is 5.38. The van der Waals surface area contributed by atoms with Crippen molar-refractivity contribution < 1.29 is 29.6 Å². The number of alkyl carbamates (subject to hydrolysis) is 1. The number of ether oxygens (including phenoxy) is 1. The first-order valence-electron chi connectivity index (χ1n) is 15.0. The molecule has 8 heteroatoms. The monoisotopic (exact) mass is 588 g/mol. The van der Waals surface area contributed by atoms with Gasteiger partial charge in [-0.15, -0.1) is 0 Å². The molecule has 230 valence electrons. The maximum atomic E-state index is 13.9. The van der Waals surface area contributed by atoms with E-state index >= 15 is 0 Å². The Bertz CT molecular complexity index is 1340. The van der Waals surface area contributed by atoms with Crippen LogP contribution in [0.25, 0.3) is 0 Å². The normalized spacial score (nSPS) is 18.3.